The molecule has 4 rings (SSSR count). The molecule has 2 aromatic carbocycles. The largest absolute Gasteiger partial charge is 0.491 e. The first-order valence-electron chi connectivity index (χ1n) is 14.5. The molecule has 2 aliphatic carbocycles. The van der Waals surface area contributed by atoms with Gasteiger partial charge in [0.25, 0.3) is 0 Å². The number of rotatable bonds is 10. The Balaban J connectivity index is 1.29. The van der Waals surface area contributed by atoms with Crippen LogP contribution in [0.5, 0.6) is 5.75 Å². The number of benzene rings is 2. The Morgan fingerprint density at radius 3 is 2.00 bits per heavy atom. The summed E-state index contributed by atoms with van der Waals surface area (Å²) in [5, 5.41) is 0. The van der Waals surface area contributed by atoms with Crippen LogP contribution in [-0.2, 0) is 0 Å². The molecule has 0 spiro atoms. The van der Waals surface area contributed by atoms with Gasteiger partial charge in [-0.1, -0.05) is 76.3 Å². The van der Waals surface area contributed by atoms with E-state index in [4.69, 9.17) is 4.74 Å². The first-order chi connectivity index (χ1) is 18.0. The van der Waals surface area contributed by atoms with Gasteiger partial charge < -0.3 is 4.74 Å². The first-order valence-corrected chi connectivity index (χ1v) is 14.5. The molecule has 0 aromatic heterocycles. The zero-order valence-electron chi connectivity index (χ0n) is 22.6. The van der Waals surface area contributed by atoms with Crippen molar-refractivity contribution in [2.75, 3.05) is 6.61 Å². The zero-order valence-corrected chi connectivity index (χ0v) is 22.6. The summed E-state index contributed by atoms with van der Waals surface area (Å²) >= 11 is 0. The van der Waals surface area contributed by atoms with Crippen LogP contribution in [0.2, 0.25) is 0 Å². The van der Waals surface area contributed by atoms with Crippen LogP contribution in [0.1, 0.15) is 119 Å². The molecule has 0 atom stereocenters. The van der Waals surface area contributed by atoms with Crippen molar-refractivity contribution in [3.63, 3.8) is 0 Å². The van der Waals surface area contributed by atoms with Gasteiger partial charge in [0.1, 0.15) is 0 Å². The summed E-state index contributed by atoms with van der Waals surface area (Å²) in [6.07, 6.45) is 16.1. The van der Waals surface area contributed by atoms with Crippen LogP contribution < -0.4 is 4.74 Å². The quantitative estimate of drug-likeness (QED) is 0.288. The molecule has 2 aromatic rings. The molecule has 0 radical (unpaired) electrons. The standard InChI is InChI=1S/C33H43F3O/c1-3-4-5-6-21-37-31-20-13-25(22-30(31)34)10-9-24-11-16-27(17-12-24)29-19-18-28(32(35)33(29)36)26-14-7-23(2)8-15-26/h9-10,13,18-20,22-24,26-27H,3-8,11-12,14-17,21H2,1-2H3/b10-9+. The predicted octanol–water partition coefficient (Wildman–Crippen LogP) is 10.3. The minimum absolute atomic E-state index is 0.0609. The van der Waals surface area contributed by atoms with E-state index >= 15 is 8.78 Å². The van der Waals surface area contributed by atoms with Gasteiger partial charge in [-0.25, -0.2) is 13.2 Å². The van der Waals surface area contributed by atoms with E-state index in [1.807, 2.05) is 24.3 Å². The number of hydrogen-bond donors (Lipinski definition) is 0. The van der Waals surface area contributed by atoms with Gasteiger partial charge in [0.05, 0.1) is 6.61 Å². The topological polar surface area (TPSA) is 9.23 Å². The Kier molecular flexibility index (Phi) is 10.2. The normalized spacial score (nSPS) is 24.5. The highest BCUT2D eigenvalue weighted by Crippen LogP contribution is 2.41. The fourth-order valence-electron chi connectivity index (χ4n) is 6.10. The van der Waals surface area contributed by atoms with Crippen LogP contribution in [-0.4, -0.2) is 6.61 Å². The van der Waals surface area contributed by atoms with Gasteiger partial charge in [0.15, 0.2) is 23.2 Å². The molecule has 0 heterocycles. The van der Waals surface area contributed by atoms with Crippen molar-refractivity contribution in [1.82, 2.24) is 0 Å². The molecular weight excluding hydrogens is 469 g/mol. The van der Waals surface area contributed by atoms with Gasteiger partial charge in [-0.15, -0.1) is 0 Å². The molecule has 0 amide bonds. The molecule has 0 aliphatic heterocycles. The van der Waals surface area contributed by atoms with Gasteiger partial charge in [0, 0.05) is 0 Å². The van der Waals surface area contributed by atoms with Crippen molar-refractivity contribution >= 4 is 6.08 Å². The Hall–Kier alpha value is -2.23. The molecule has 0 bridgehead atoms. The van der Waals surface area contributed by atoms with E-state index in [1.165, 1.54) is 18.9 Å². The van der Waals surface area contributed by atoms with Crippen LogP contribution in [0, 0.1) is 29.3 Å². The summed E-state index contributed by atoms with van der Waals surface area (Å²) in [6.45, 7) is 4.94. The number of halogens is 3. The summed E-state index contributed by atoms with van der Waals surface area (Å²) in [5.41, 5.74) is 1.93. The fraction of sp³-hybridized carbons (Fsp3) is 0.576. The van der Waals surface area contributed by atoms with Crippen molar-refractivity contribution < 1.29 is 17.9 Å². The SMILES string of the molecule is CCCCCCOc1ccc(/C=C/C2CCC(c3ccc(C4CCC(C)CC4)c(F)c3F)CC2)cc1F. The van der Waals surface area contributed by atoms with Gasteiger partial charge in [-0.3, -0.25) is 0 Å². The van der Waals surface area contributed by atoms with Gasteiger partial charge in [-0.2, -0.15) is 0 Å². The average Bonchev–Trinajstić information content (AvgIpc) is 2.91. The monoisotopic (exact) mass is 512 g/mol. The molecule has 2 aliphatic rings. The Labute approximate surface area is 221 Å². The lowest BCUT2D eigenvalue weighted by molar-refractivity contribution is 0.290. The molecule has 37 heavy (non-hydrogen) atoms. The maximum absolute atomic E-state index is 15.1. The van der Waals surface area contributed by atoms with Crippen molar-refractivity contribution in [1.29, 1.82) is 0 Å². The summed E-state index contributed by atoms with van der Waals surface area (Å²) < 4.78 is 50.2. The van der Waals surface area contributed by atoms with E-state index in [0.29, 0.717) is 35.3 Å². The summed E-state index contributed by atoms with van der Waals surface area (Å²) in [7, 11) is 0. The lowest BCUT2D eigenvalue weighted by Crippen LogP contribution is -2.16. The van der Waals surface area contributed by atoms with Crippen LogP contribution in [0.25, 0.3) is 6.08 Å². The van der Waals surface area contributed by atoms with Gasteiger partial charge >= 0.3 is 0 Å². The Morgan fingerprint density at radius 1 is 0.784 bits per heavy atom. The van der Waals surface area contributed by atoms with Crippen molar-refractivity contribution in [2.24, 2.45) is 11.8 Å². The maximum atomic E-state index is 15.1. The van der Waals surface area contributed by atoms with Crippen molar-refractivity contribution in [2.45, 2.75) is 103 Å². The molecule has 4 heteroatoms. The van der Waals surface area contributed by atoms with E-state index in [1.54, 1.807) is 6.07 Å². The third-order valence-corrected chi connectivity index (χ3v) is 8.58. The molecule has 1 nitrogen and oxygen atoms in total. The van der Waals surface area contributed by atoms with E-state index in [9.17, 15) is 4.39 Å². The minimum atomic E-state index is -0.627. The number of hydrogen-bond acceptors (Lipinski definition) is 1. The van der Waals surface area contributed by atoms with Crippen molar-refractivity contribution in [3.8, 4) is 5.75 Å². The summed E-state index contributed by atoms with van der Waals surface area (Å²) in [4.78, 5) is 0. The maximum Gasteiger partial charge on any atom is 0.165 e. The molecule has 2 fully saturated rings. The average molecular weight is 513 g/mol. The smallest absolute Gasteiger partial charge is 0.165 e. The molecule has 0 saturated heterocycles. The van der Waals surface area contributed by atoms with E-state index in [0.717, 1.165) is 69.8 Å². The highest BCUT2D eigenvalue weighted by atomic mass is 19.2. The van der Waals surface area contributed by atoms with Crippen LogP contribution in [0.15, 0.2) is 36.4 Å². The molecule has 202 valence electrons. The van der Waals surface area contributed by atoms with Crippen LogP contribution in [0.3, 0.4) is 0 Å². The molecule has 0 N–H and O–H groups in total. The summed E-state index contributed by atoms with van der Waals surface area (Å²) in [6, 6.07) is 8.83. The second-order valence-corrected chi connectivity index (χ2v) is 11.4. The minimum Gasteiger partial charge on any atom is -0.491 e. The van der Waals surface area contributed by atoms with Crippen LogP contribution in [0.4, 0.5) is 13.2 Å². The lowest BCUT2D eigenvalue weighted by Gasteiger charge is -2.29. The van der Waals surface area contributed by atoms with E-state index in [2.05, 4.69) is 19.9 Å². The number of unbranched alkanes of at least 4 members (excludes halogenated alkanes) is 3. The third kappa shape index (κ3) is 7.42. The highest BCUT2D eigenvalue weighted by Gasteiger charge is 2.28. The number of ether oxygens (including phenoxy) is 1. The second kappa shape index (κ2) is 13.5. The fourth-order valence-corrected chi connectivity index (χ4v) is 6.10. The molecule has 0 unspecified atom stereocenters. The first kappa shape index (κ1) is 27.8. The zero-order chi connectivity index (χ0) is 26.2. The third-order valence-electron chi connectivity index (χ3n) is 8.58. The summed E-state index contributed by atoms with van der Waals surface area (Å²) in [5.74, 6) is 0.00307. The van der Waals surface area contributed by atoms with Gasteiger partial charge in [0.2, 0.25) is 0 Å². The second-order valence-electron chi connectivity index (χ2n) is 11.4. The lowest BCUT2D eigenvalue weighted by atomic mass is 9.76. The van der Waals surface area contributed by atoms with Crippen LogP contribution >= 0.6 is 0 Å². The van der Waals surface area contributed by atoms with Gasteiger partial charge in [-0.05, 0) is 97.4 Å². The number of allylic oxidation sites excluding steroid dienone is 1. The highest BCUT2D eigenvalue weighted by molar-refractivity contribution is 5.51. The molecular formula is C33H43F3O. The van der Waals surface area contributed by atoms with E-state index < -0.39 is 11.6 Å². The predicted molar refractivity (Wildman–Crippen MR) is 147 cm³/mol. The Bertz CT molecular complexity index is 1030. The van der Waals surface area contributed by atoms with E-state index in [-0.39, 0.29) is 17.7 Å². The van der Waals surface area contributed by atoms with Crippen molar-refractivity contribution in [3.05, 3.63) is 70.5 Å². The Morgan fingerprint density at radius 2 is 1.41 bits per heavy atom. The molecule has 2 saturated carbocycles.